The van der Waals surface area contributed by atoms with Crippen LogP contribution in [0.3, 0.4) is 0 Å². The van der Waals surface area contributed by atoms with E-state index in [0.29, 0.717) is 31.7 Å². The second kappa shape index (κ2) is 9.16. The SMILES string of the molecule is Cc1nc(N)ccc1CNC(=O)[C@@H]1CCc2cnc(NCC3c4ccccc4-c4cccnc43)c(=O)n21. The van der Waals surface area contributed by atoms with Gasteiger partial charge in [-0.3, -0.25) is 19.1 Å². The fraction of sp³-hybridized carbons (Fsp3) is 0.250. The number of aromatic nitrogens is 4. The number of nitrogen functional groups attached to an aromatic ring is 1. The van der Waals surface area contributed by atoms with E-state index < -0.39 is 6.04 Å². The molecule has 4 N–H and O–H groups in total. The maximum absolute atomic E-state index is 13.5. The van der Waals surface area contributed by atoms with E-state index >= 15 is 0 Å². The monoisotopic (exact) mass is 493 g/mol. The molecule has 186 valence electrons. The fourth-order valence-electron chi connectivity index (χ4n) is 5.43. The molecule has 1 aromatic carbocycles. The quantitative estimate of drug-likeness (QED) is 0.377. The number of fused-ring (bicyclic) bond motifs is 4. The molecule has 0 bridgehead atoms. The second-order valence-corrected chi connectivity index (χ2v) is 9.48. The molecule has 4 heterocycles. The van der Waals surface area contributed by atoms with Crippen LogP contribution in [0.4, 0.5) is 11.6 Å². The maximum Gasteiger partial charge on any atom is 0.294 e. The molecule has 9 heteroatoms. The molecule has 0 radical (unpaired) electrons. The first kappa shape index (κ1) is 22.9. The molecule has 0 fully saturated rings. The van der Waals surface area contributed by atoms with Crippen molar-refractivity contribution in [3.63, 3.8) is 0 Å². The van der Waals surface area contributed by atoms with E-state index in [2.05, 4.69) is 43.8 Å². The third-order valence-electron chi connectivity index (χ3n) is 7.30. The Hall–Kier alpha value is -4.53. The van der Waals surface area contributed by atoms with E-state index in [-0.39, 0.29) is 23.2 Å². The Morgan fingerprint density at radius 1 is 1.11 bits per heavy atom. The number of hydrogen-bond donors (Lipinski definition) is 3. The van der Waals surface area contributed by atoms with Gasteiger partial charge in [0.2, 0.25) is 5.91 Å². The number of nitrogens with zero attached hydrogens (tertiary/aromatic N) is 4. The zero-order valence-electron chi connectivity index (χ0n) is 20.4. The van der Waals surface area contributed by atoms with E-state index in [1.54, 1.807) is 23.0 Å². The summed E-state index contributed by atoms with van der Waals surface area (Å²) in [6.07, 6.45) is 4.67. The van der Waals surface area contributed by atoms with Gasteiger partial charge in [0.15, 0.2) is 5.82 Å². The number of carbonyl (C=O) groups is 1. The number of hydrogen-bond acceptors (Lipinski definition) is 7. The highest BCUT2D eigenvalue weighted by atomic mass is 16.2. The van der Waals surface area contributed by atoms with Crippen molar-refractivity contribution < 1.29 is 4.79 Å². The molecule has 0 saturated heterocycles. The van der Waals surface area contributed by atoms with Crippen molar-refractivity contribution in [1.82, 2.24) is 24.8 Å². The van der Waals surface area contributed by atoms with E-state index in [0.717, 1.165) is 28.2 Å². The number of amides is 1. The molecule has 1 aliphatic heterocycles. The first-order valence-electron chi connectivity index (χ1n) is 12.4. The zero-order chi connectivity index (χ0) is 25.5. The number of anilines is 2. The summed E-state index contributed by atoms with van der Waals surface area (Å²) < 4.78 is 1.58. The van der Waals surface area contributed by atoms with Crippen LogP contribution >= 0.6 is 0 Å². The van der Waals surface area contributed by atoms with Gasteiger partial charge in [-0.15, -0.1) is 0 Å². The second-order valence-electron chi connectivity index (χ2n) is 9.48. The Morgan fingerprint density at radius 3 is 2.81 bits per heavy atom. The van der Waals surface area contributed by atoms with Crippen LogP contribution in [0.2, 0.25) is 0 Å². The van der Waals surface area contributed by atoms with Gasteiger partial charge in [0, 0.05) is 48.4 Å². The largest absolute Gasteiger partial charge is 0.384 e. The molecule has 3 aromatic heterocycles. The highest BCUT2D eigenvalue weighted by molar-refractivity contribution is 5.81. The van der Waals surface area contributed by atoms with Crippen molar-refractivity contribution in [1.29, 1.82) is 0 Å². The summed E-state index contributed by atoms with van der Waals surface area (Å²) in [5, 5.41) is 6.22. The summed E-state index contributed by atoms with van der Waals surface area (Å²) in [5.74, 6) is 0.486. The third kappa shape index (κ3) is 4.02. The van der Waals surface area contributed by atoms with Crippen LogP contribution < -0.4 is 21.9 Å². The van der Waals surface area contributed by atoms with Crippen molar-refractivity contribution in [2.24, 2.45) is 0 Å². The highest BCUT2D eigenvalue weighted by Crippen LogP contribution is 2.43. The lowest BCUT2D eigenvalue weighted by Crippen LogP contribution is -2.36. The average molecular weight is 494 g/mol. The molecule has 0 spiro atoms. The third-order valence-corrected chi connectivity index (χ3v) is 7.30. The van der Waals surface area contributed by atoms with Crippen LogP contribution in [-0.4, -0.2) is 32.0 Å². The molecule has 1 unspecified atom stereocenters. The van der Waals surface area contributed by atoms with Crippen molar-refractivity contribution in [3.8, 4) is 11.1 Å². The molecule has 4 aromatic rings. The highest BCUT2D eigenvalue weighted by Gasteiger charge is 2.32. The van der Waals surface area contributed by atoms with E-state index in [4.69, 9.17) is 5.73 Å². The maximum atomic E-state index is 13.5. The van der Waals surface area contributed by atoms with Gasteiger partial charge in [0.25, 0.3) is 5.56 Å². The number of nitrogens with one attached hydrogen (secondary N) is 2. The molecule has 6 rings (SSSR count). The van der Waals surface area contributed by atoms with Crippen molar-refractivity contribution >= 4 is 17.5 Å². The lowest BCUT2D eigenvalue weighted by atomic mass is 10.00. The first-order valence-corrected chi connectivity index (χ1v) is 12.4. The molecule has 2 aliphatic rings. The van der Waals surface area contributed by atoms with Crippen LogP contribution in [0.15, 0.2) is 65.7 Å². The molecule has 0 saturated carbocycles. The lowest BCUT2D eigenvalue weighted by molar-refractivity contribution is -0.124. The minimum absolute atomic E-state index is 0.00251. The van der Waals surface area contributed by atoms with Gasteiger partial charge in [-0.25, -0.2) is 9.97 Å². The van der Waals surface area contributed by atoms with Crippen LogP contribution in [0, 0.1) is 6.92 Å². The molecule has 37 heavy (non-hydrogen) atoms. The molecule has 2 atom stereocenters. The van der Waals surface area contributed by atoms with Crippen LogP contribution in [0.5, 0.6) is 0 Å². The van der Waals surface area contributed by atoms with Gasteiger partial charge in [-0.05, 0) is 48.6 Å². The first-order chi connectivity index (χ1) is 18.0. The minimum Gasteiger partial charge on any atom is -0.384 e. The Labute approximate surface area is 213 Å². The number of aryl methyl sites for hydroxylation is 2. The van der Waals surface area contributed by atoms with Gasteiger partial charge in [0.05, 0.1) is 5.69 Å². The topological polar surface area (TPSA) is 128 Å². The van der Waals surface area contributed by atoms with Gasteiger partial charge < -0.3 is 16.4 Å². The molecule has 9 nitrogen and oxygen atoms in total. The summed E-state index contributed by atoms with van der Waals surface area (Å²) in [6, 6.07) is 15.3. The van der Waals surface area contributed by atoms with Crippen molar-refractivity contribution in [2.45, 2.75) is 38.3 Å². The summed E-state index contributed by atoms with van der Waals surface area (Å²) in [5.41, 5.74) is 12.3. The van der Waals surface area contributed by atoms with Gasteiger partial charge in [-0.1, -0.05) is 36.4 Å². The number of pyridine rings is 2. The predicted octanol–water partition coefficient (Wildman–Crippen LogP) is 2.95. The average Bonchev–Trinajstić information content (AvgIpc) is 3.48. The Bertz CT molecular complexity index is 1530. The number of benzene rings is 1. The van der Waals surface area contributed by atoms with Crippen molar-refractivity contribution in [2.75, 3.05) is 17.6 Å². The Morgan fingerprint density at radius 2 is 1.95 bits per heavy atom. The number of rotatable bonds is 6. The van der Waals surface area contributed by atoms with E-state index in [1.165, 1.54) is 11.1 Å². The fourth-order valence-corrected chi connectivity index (χ4v) is 5.43. The zero-order valence-corrected chi connectivity index (χ0v) is 20.4. The van der Waals surface area contributed by atoms with Crippen LogP contribution in [-0.2, 0) is 17.8 Å². The van der Waals surface area contributed by atoms with Gasteiger partial charge in [0.1, 0.15) is 11.9 Å². The van der Waals surface area contributed by atoms with Gasteiger partial charge >= 0.3 is 0 Å². The number of nitrogens with two attached hydrogens (primary N) is 1. The van der Waals surface area contributed by atoms with E-state index in [9.17, 15) is 9.59 Å². The minimum atomic E-state index is -0.581. The van der Waals surface area contributed by atoms with E-state index in [1.807, 2.05) is 31.2 Å². The smallest absolute Gasteiger partial charge is 0.294 e. The molecule has 1 aliphatic carbocycles. The predicted molar refractivity (Wildman–Crippen MR) is 141 cm³/mol. The lowest BCUT2D eigenvalue weighted by Gasteiger charge is -2.17. The molecule has 1 amide bonds. The molecular weight excluding hydrogens is 466 g/mol. The summed E-state index contributed by atoms with van der Waals surface area (Å²) >= 11 is 0. The van der Waals surface area contributed by atoms with Crippen molar-refractivity contribution in [3.05, 3.63) is 99.5 Å². The van der Waals surface area contributed by atoms with Gasteiger partial charge in [-0.2, -0.15) is 0 Å². The number of carbonyl (C=O) groups excluding carboxylic acids is 1. The van der Waals surface area contributed by atoms with Crippen LogP contribution in [0.25, 0.3) is 11.1 Å². The normalized spacial score (nSPS) is 17.1. The summed E-state index contributed by atoms with van der Waals surface area (Å²) in [7, 11) is 0. The Kier molecular flexibility index (Phi) is 5.67. The summed E-state index contributed by atoms with van der Waals surface area (Å²) in [4.78, 5) is 39.8. The van der Waals surface area contributed by atoms with Crippen LogP contribution in [0.1, 0.15) is 46.6 Å². The standard InChI is InChI=1S/C28H27N7O2/c1-16-17(8-11-24(29)34-16)13-33-27(36)23-10-9-18-14-31-26(28(37)35(18)23)32-15-22-20-6-3-2-5-19(20)21-7-4-12-30-25(21)22/h2-8,11-12,14,22-23H,9-10,13,15H2,1H3,(H2,29,34)(H,31,32)(H,33,36)/t22?,23-/m0/s1. The molecular formula is C28H27N7O2. The Balaban J connectivity index is 1.21. The summed E-state index contributed by atoms with van der Waals surface area (Å²) in [6.45, 7) is 2.65.